The maximum absolute atomic E-state index is 6.42. The highest BCUT2D eigenvalue weighted by Crippen LogP contribution is 2.41. The first-order chi connectivity index (χ1) is 21.3. The van der Waals surface area contributed by atoms with E-state index in [1.165, 1.54) is 10.9 Å². The Morgan fingerprint density at radius 3 is 1.70 bits per heavy atom. The van der Waals surface area contributed by atoms with Crippen LogP contribution in [0.5, 0.6) is 0 Å². The van der Waals surface area contributed by atoms with Gasteiger partial charge < -0.3 is 4.42 Å². The fourth-order valence-electron chi connectivity index (χ4n) is 6.31. The Labute approximate surface area is 247 Å². The fraction of sp³-hybridized carbons (Fsp3) is 0. The smallest absolute Gasteiger partial charge is 0.143 e. The molecule has 0 saturated carbocycles. The summed E-state index contributed by atoms with van der Waals surface area (Å²) in [4.78, 5) is 10.2. The molecular weight excluding hydrogens is 524 g/mol. The first-order valence-corrected chi connectivity index (χ1v) is 14.5. The van der Waals surface area contributed by atoms with Crippen LogP contribution in [0.1, 0.15) is 0 Å². The second-order valence-electron chi connectivity index (χ2n) is 11.0. The summed E-state index contributed by atoms with van der Waals surface area (Å²) in [6.07, 6.45) is 0. The topological polar surface area (TPSA) is 38.9 Å². The second-order valence-corrected chi connectivity index (χ2v) is 11.0. The number of rotatable bonds is 3. The molecule has 0 unspecified atom stereocenters. The molecule has 0 aliphatic heterocycles. The highest BCUT2D eigenvalue weighted by atomic mass is 16.3. The quantitative estimate of drug-likeness (QED) is 0.206. The molecule has 0 N–H and O–H groups in total. The van der Waals surface area contributed by atoms with Crippen molar-refractivity contribution in [3.05, 3.63) is 146 Å². The van der Waals surface area contributed by atoms with E-state index in [4.69, 9.17) is 14.4 Å². The van der Waals surface area contributed by atoms with Crippen LogP contribution in [0.15, 0.2) is 150 Å². The number of pyridine rings is 2. The lowest BCUT2D eigenvalue weighted by molar-refractivity contribution is 0.673. The molecule has 3 aromatic heterocycles. The SMILES string of the molecule is c1ccc(-c2ccc3ccc4ccc(-c5ccc(-c6cc7ccccc7c7oc8ccccc8c67)cc5)nc4c3n2)cc1. The summed E-state index contributed by atoms with van der Waals surface area (Å²) in [6.45, 7) is 0. The second kappa shape index (κ2) is 9.37. The molecule has 0 saturated heterocycles. The highest BCUT2D eigenvalue weighted by molar-refractivity contribution is 6.21. The molecule has 9 rings (SSSR count). The Morgan fingerprint density at radius 2 is 0.977 bits per heavy atom. The average molecular weight is 549 g/mol. The molecule has 9 aromatic rings. The van der Waals surface area contributed by atoms with Gasteiger partial charge in [-0.3, -0.25) is 0 Å². The van der Waals surface area contributed by atoms with Crippen molar-refractivity contribution in [2.24, 2.45) is 0 Å². The van der Waals surface area contributed by atoms with Crippen LogP contribution in [0.2, 0.25) is 0 Å². The Morgan fingerprint density at radius 1 is 0.419 bits per heavy atom. The third-order valence-corrected chi connectivity index (χ3v) is 8.45. The van der Waals surface area contributed by atoms with E-state index in [9.17, 15) is 0 Å². The Balaban J connectivity index is 1.18. The van der Waals surface area contributed by atoms with E-state index in [0.717, 1.165) is 77.2 Å². The zero-order chi connectivity index (χ0) is 28.3. The third kappa shape index (κ3) is 3.83. The predicted molar refractivity (Wildman–Crippen MR) is 178 cm³/mol. The van der Waals surface area contributed by atoms with E-state index in [-0.39, 0.29) is 0 Å². The monoisotopic (exact) mass is 548 g/mol. The van der Waals surface area contributed by atoms with Crippen LogP contribution in [-0.2, 0) is 0 Å². The summed E-state index contributed by atoms with van der Waals surface area (Å²) in [6, 6.07) is 50.8. The minimum atomic E-state index is 0.906. The minimum Gasteiger partial charge on any atom is -0.455 e. The normalized spacial score (nSPS) is 11.7. The molecule has 0 bridgehead atoms. The van der Waals surface area contributed by atoms with Gasteiger partial charge in [-0.2, -0.15) is 0 Å². The van der Waals surface area contributed by atoms with Crippen molar-refractivity contribution in [3.63, 3.8) is 0 Å². The summed E-state index contributed by atoms with van der Waals surface area (Å²) in [5.74, 6) is 0. The van der Waals surface area contributed by atoms with E-state index < -0.39 is 0 Å². The van der Waals surface area contributed by atoms with Crippen molar-refractivity contribution in [1.82, 2.24) is 9.97 Å². The number of nitrogens with zero attached hydrogens (tertiary/aromatic N) is 2. The summed E-state index contributed by atoms with van der Waals surface area (Å²) in [5, 5.41) is 6.74. The number of hydrogen-bond donors (Lipinski definition) is 0. The predicted octanol–water partition coefficient (Wildman–Crippen LogP) is 10.8. The number of aromatic nitrogens is 2. The lowest BCUT2D eigenvalue weighted by atomic mass is 9.94. The summed E-state index contributed by atoms with van der Waals surface area (Å²) in [5.41, 5.74) is 10.0. The van der Waals surface area contributed by atoms with Gasteiger partial charge in [0.05, 0.1) is 22.4 Å². The minimum absolute atomic E-state index is 0.906. The van der Waals surface area contributed by atoms with Gasteiger partial charge in [0.15, 0.2) is 0 Å². The zero-order valence-corrected chi connectivity index (χ0v) is 23.2. The van der Waals surface area contributed by atoms with Gasteiger partial charge in [-0.25, -0.2) is 9.97 Å². The maximum Gasteiger partial charge on any atom is 0.143 e. The van der Waals surface area contributed by atoms with Crippen molar-refractivity contribution in [2.75, 3.05) is 0 Å². The largest absolute Gasteiger partial charge is 0.455 e. The standard InChI is InChI=1S/C40H24N2O/c1-2-8-26(9-3-1)34-22-20-28-18-19-29-21-23-35(42-39(29)38(28)41-34)27-16-14-25(15-17-27)33-24-30-10-4-5-11-31(30)40-37(33)32-12-6-7-13-36(32)43-40/h1-24H. The summed E-state index contributed by atoms with van der Waals surface area (Å²) >= 11 is 0. The molecule has 6 aromatic carbocycles. The molecule has 3 heteroatoms. The van der Waals surface area contributed by atoms with Gasteiger partial charge >= 0.3 is 0 Å². The van der Waals surface area contributed by atoms with Gasteiger partial charge in [0, 0.05) is 38.1 Å². The van der Waals surface area contributed by atoms with E-state index in [1.807, 2.05) is 30.3 Å². The van der Waals surface area contributed by atoms with E-state index >= 15 is 0 Å². The van der Waals surface area contributed by atoms with Crippen LogP contribution in [-0.4, -0.2) is 9.97 Å². The van der Waals surface area contributed by atoms with E-state index in [0.29, 0.717) is 0 Å². The zero-order valence-electron chi connectivity index (χ0n) is 23.2. The first-order valence-electron chi connectivity index (χ1n) is 14.5. The van der Waals surface area contributed by atoms with Gasteiger partial charge in [0.1, 0.15) is 11.2 Å². The van der Waals surface area contributed by atoms with Crippen molar-refractivity contribution < 1.29 is 4.42 Å². The van der Waals surface area contributed by atoms with Gasteiger partial charge in [-0.05, 0) is 40.8 Å². The van der Waals surface area contributed by atoms with Crippen molar-refractivity contribution in [1.29, 1.82) is 0 Å². The molecule has 3 nitrogen and oxygen atoms in total. The number of benzene rings is 6. The van der Waals surface area contributed by atoms with Gasteiger partial charge in [0.25, 0.3) is 0 Å². The Bertz CT molecular complexity index is 2490. The van der Waals surface area contributed by atoms with Crippen LogP contribution < -0.4 is 0 Å². The summed E-state index contributed by atoms with van der Waals surface area (Å²) in [7, 11) is 0. The van der Waals surface area contributed by atoms with Crippen LogP contribution in [0.4, 0.5) is 0 Å². The lowest BCUT2D eigenvalue weighted by Crippen LogP contribution is -1.91. The number of para-hydroxylation sites is 1. The van der Waals surface area contributed by atoms with Crippen molar-refractivity contribution in [2.45, 2.75) is 0 Å². The Kier molecular flexibility index (Phi) is 5.20. The maximum atomic E-state index is 6.42. The number of hydrogen-bond acceptors (Lipinski definition) is 3. The molecule has 0 fully saturated rings. The van der Waals surface area contributed by atoms with Crippen LogP contribution in [0.25, 0.3) is 88.2 Å². The summed E-state index contributed by atoms with van der Waals surface area (Å²) < 4.78 is 6.42. The van der Waals surface area contributed by atoms with E-state index in [2.05, 4.69) is 115 Å². The van der Waals surface area contributed by atoms with Gasteiger partial charge in [-0.1, -0.05) is 121 Å². The third-order valence-electron chi connectivity index (χ3n) is 8.45. The lowest BCUT2D eigenvalue weighted by Gasteiger charge is -2.10. The molecular formula is C40H24N2O. The molecule has 0 amide bonds. The number of fused-ring (bicyclic) bond motifs is 8. The first kappa shape index (κ1) is 23.9. The highest BCUT2D eigenvalue weighted by Gasteiger charge is 2.16. The molecule has 0 radical (unpaired) electrons. The molecule has 3 heterocycles. The van der Waals surface area contributed by atoms with Crippen molar-refractivity contribution >= 4 is 54.5 Å². The van der Waals surface area contributed by atoms with Crippen LogP contribution >= 0.6 is 0 Å². The molecule has 43 heavy (non-hydrogen) atoms. The Hall–Kier alpha value is -5.80. The van der Waals surface area contributed by atoms with Gasteiger partial charge in [-0.15, -0.1) is 0 Å². The molecule has 0 aliphatic rings. The molecule has 200 valence electrons. The fourth-order valence-corrected chi connectivity index (χ4v) is 6.31. The molecule has 0 aliphatic carbocycles. The number of furan rings is 1. The van der Waals surface area contributed by atoms with Crippen LogP contribution in [0, 0.1) is 0 Å². The van der Waals surface area contributed by atoms with Crippen molar-refractivity contribution in [3.8, 4) is 33.6 Å². The molecule has 0 atom stereocenters. The van der Waals surface area contributed by atoms with E-state index in [1.54, 1.807) is 0 Å². The average Bonchev–Trinajstić information content (AvgIpc) is 3.48. The van der Waals surface area contributed by atoms with Gasteiger partial charge in [0.2, 0.25) is 0 Å². The van der Waals surface area contributed by atoms with Crippen LogP contribution in [0.3, 0.4) is 0 Å². The molecule has 0 spiro atoms.